The van der Waals surface area contributed by atoms with Gasteiger partial charge in [0.2, 0.25) is 0 Å². The maximum atomic E-state index is 13.7. The monoisotopic (exact) mass is 438 g/mol. The number of ether oxygens (including phenoxy) is 1. The molecule has 3 atom stereocenters. The van der Waals surface area contributed by atoms with Crippen molar-refractivity contribution in [2.75, 3.05) is 17.7 Å². The molecule has 0 aromatic heterocycles. The largest absolute Gasteiger partial charge is 0.497 e. The van der Waals surface area contributed by atoms with Crippen molar-refractivity contribution in [3.05, 3.63) is 101 Å². The summed E-state index contributed by atoms with van der Waals surface area (Å²) in [6.45, 7) is 4.40. The molecule has 3 aromatic rings. The number of hydrogen-bond donors (Lipinski definition) is 2. The van der Waals surface area contributed by atoms with Crippen LogP contribution in [0.4, 0.5) is 11.4 Å². The van der Waals surface area contributed by atoms with Crippen LogP contribution in [0.15, 0.2) is 84.6 Å². The summed E-state index contributed by atoms with van der Waals surface area (Å²) in [5, 5.41) is 7.28. The fourth-order valence-electron chi connectivity index (χ4n) is 4.93. The first-order valence-corrected chi connectivity index (χ1v) is 11.6. The first kappa shape index (κ1) is 21.3. The summed E-state index contributed by atoms with van der Waals surface area (Å²) in [7, 11) is 1.67. The molecule has 0 saturated heterocycles. The number of para-hydroxylation sites is 2. The van der Waals surface area contributed by atoms with E-state index in [1.54, 1.807) is 7.11 Å². The molecule has 3 unspecified atom stereocenters. The molecule has 5 rings (SSSR count). The van der Waals surface area contributed by atoms with Crippen LogP contribution in [0.3, 0.4) is 0 Å². The number of fused-ring (bicyclic) bond motifs is 2. The minimum absolute atomic E-state index is 0.0383. The summed E-state index contributed by atoms with van der Waals surface area (Å²) in [5.74, 6) is 1.31. The van der Waals surface area contributed by atoms with Crippen molar-refractivity contribution in [3.63, 3.8) is 0 Å². The van der Waals surface area contributed by atoms with E-state index < -0.39 is 0 Å². The summed E-state index contributed by atoms with van der Waals surface area (Å²) in [6, 6.07) is 24.8. The molecule has 0 saturated carbocycles. The first-order valence-electron chi connectivity index (χ1n) is 11.6. The second kappa shape index (κ2) is 8.78. The maximum absolute atomic E-state index is 13.7. The van der Waals surface area contributed by atoms with Gasteiger partial charge in [-0.2, -0.15) is 0 Å². The molecule has 4 nitrogen and oxygen atoms in total. The Hall–Kier alpha value is -3.53. The molecule has 168 valence electrons. The quantitative estimate of drug-likeness (QED) is 0.479. The van der Waals surface area contributed by atoms with Crippen molar-refractivity contribution < 1.29 is 9.53 Å². The number of nitrogens with one attached hydrogen (secondary N) is 2. The summed E-state index contributed by atoms with van der Waals surface area (Å²) >= 11 is 0. The molecule has 0 spiro atoms. The number of methoxy groups -OCH3 is 1. The molecule has 1 aliphatic heterocycles. The molecule has 4 heteroatoms. The average Bonchev–Trinajstić information content (AvgIpc) is 3.01. The predicted octanol–water partition coefficient (Wildman–Crippen LogP) is 6.65. The Morgan fingerprint density at radius 2 is 1.55 bits per heavy atom. The van der Waals surface area contributed by atoms with E-state index in [1.807, 2.05) is 24.3 Å². The van der Waals surface area contributed by atoms with Gasteiger partial charge in [0.25, 0.3) is 0 Å². The van der Waals surface area contributed by atoms with Crippen molar-refractivity contribution >= 4 is 17.2 Å². The number of benzene rings is 3. The Morgan fingerprint density at radius 3 is 2.21 bits per heavy atom. The number of carbonyl (C=O) groups excluding carboxylic acids is 1. The lowest BCUT2D eigenvalue weighted by molar-refractivity contribution is -0.122. The van der Waals surface area contributed by atoms with Crippen LogP contribution in [-0.2, 0) is 4.79 Å². The molecular weight excluding hydrogens is 408 g/mol. The molecule has 2 aliphatic rings. The van der Waals surface area contributed by atoms with E-state index in [9.17, 15) is 4.79 Å². The Labute approximate surface area is 195 Å². The van der Waals surface area contributed by atoms with Gasteiger partial charge >= 0.3 is 0 Å². The van der Waals surface area contributed by atoms with E-state index in [2.05, 4.69) is 79.1 Å². The summed E-state index contributed by atoms with van der Waals surface area (Å²) in [4.78, 5) is 13.7. The van der Waals surface area contributed by atoms with Crippen LogP contribution in [0.5, 0.6) is 5.75 Å². The van der Waals surface area contributed by atoms with Crippen LogP contribution < -0.4 is 15.4 Å². The number of allylic oxidation sites excluding steroid dienone is 1. The molecule has 0 fully saturated rings. The number of Topliss-reactive ketones (excluding diaryl/α,β-unsaturated/α-hetero) is 1. The molecule has 3 aromatic carbocycles. The lowest BCUT2D eigenvalue weighted by Gasteiger charge is -2.32. The van der Waals surface area contributed by atoms with E-state index in [-0.39, 0.29) is 23.7 Å². The van der Waals surface area contributed by atoms with Crippen LogP contribution in [0, 0.1) is 5.92 Å². The second-order valence-corrected chi connectivity index (χ2v) is 9.26. The lowest BCUT2D eigenvalue weighted by Crippen LogP contribution is -2.33. The zero-order valence-corrected chi connectivity index (χ0v) is 19.3. The number of hydrogen-bond acceptors (Lipinski definition) is 4. The molecule has 1 aliphatic carbocycles. The highest BCUT2D eigenvalue weighted by molar-refractivity contribution is 5.90. The maximum Gasteiger partial charge on any atom is 0.145 e. The molecule has 2 N–H and O–H groups in total. The van der Waals surface area contributed by atoms with E-state index in [0.717, 1.165) is 33.9 Å². The van der Waals surface area contributed by atoms with Crippen molar-refractivity contribution in [2.24, 2.45) is 5.92 Å². The highest BCUT2D eigenvalue weighted by Crippen LogP contribution is 2.44. The fourth-order valence-corrected chi connectivity index (χ4v) is 4.93. The van der Waals surface area contributed by atoms with Gasteiger partial charge in [-0.05, 0) is 46.9 Å². The van der Waals surface area contributed by atoms with Crippen molar-refractivity contribution in [1.29, 1.82) is 0 Å². The fraction of sp³-hybridized carbons (Fsp3) is 0.276. The van der Waals surface area contributed by atoms with Gasteiger partial charge in [0.05, 0.1) is 30.4 Å². The Bertz CT molecular complexity index is 1180. The van der Waals surface area contributed by atoms with Crippen molar-refractivity contribution in [1.82, 2.24) is 0 Å². The van der Waals surface area contributed by atoms with Crippen molar-refractivity contribution in [3.8, 4) is 5.75 Å². The Kier molecular flexibility index (Phi) is 5.67. The SMILES string of the molecule is COc1ccc(C2C=C3Nc4ccccc4NC(c4ccc(C(C)C)cc4)C3C(=O)C2)cc1. The van der Waals surface area contributed by atoms with Crippen LogP contribution in [-0.4, -0.2) is 12.9 Å². The summed E-state index contributed by atoms with van der Waals surface area (Å²) < 4.78 is 5.30. The zero-order chi connectivity index (χ0) is 22.9. The van der Waals surface area contributed by atoms with Crippen LogP contribution in [0.1, 0.15) is 54.8 Å². The zero-order valence-electron chi connectivity index (χ0n) is 19.3. The number of carbonyl (C=O) groups is 1. The van der Waals surface area contributed by atoms with Gasteiger partial charge in [0, 0.05) is 18.0 Å². The molecule has 0 bridgehead atoms. The highest BCUT2D eigenvalue weighted by Gasteiger charge is 2.39. The van der Waals surface area contributed by atoms with Gasteiger partial charge in [0.1, 0.15) is 11.5 Å². The summed E-state index contributed by atoms with van der Waals surface area (Å²) in [5.41, 5.74) is 6.54. The topological polar surface area (TPSA) is 50.4 Å². The smallest absolute Gasteiger partial charge is 0.145 e. The lowest BCUT2D eigenvalue weighted by atomic mass is 9.76. The minimum atomic E-state index is -0.267. The number of rotatable bonds is 4. The molecule has 33 heavy (non-hydrogen) atoms. The third-order valence-corrected chi connectivity index (χ3v) is 6.84. The summed E-state index contributed by atoms with van der Waals surface area (Å²) in [6.07, 6.45) is 2.73. The Morgan fingerprint density at radius 1 is 0.879 bits per heavy atom. The normalized spacial score (nSPS) is 21.8. The number of anilines is 2. The average molecular weight is 439 g/mol. The van der Waals surface area contributed by atoms with E-state index in [1.165, 1.54) is 5.56 Å². The van der Waals surface area contributed by atoms with Gasteiger partial charge < -0.3 is 15.4 Å². The third kappa shape index (κ3) is 4.13. The van der Waals surface area contributed by atoms with Crippen LogP contribution in [0.25, 0.3) is 0 Å². The molecular formula is C29H30N2O2. The molecule has 0 radical (unpaired) electrons. The van der Waals surface area contributed by atoms with E-state index >= 15 is 0 Å². The standard InChI is InChI=1S/C29H30N2O2/c1-18(2)19-8-10-21(11-9-19)29-28-26(30-24-6-4-5-7-25(24)31-29)16-22(17-27(28)32)20-12-14-23(33-3)15-13-20/h4-16,18,22,28-31H,17H2,1-3H3. The second-order valence-electron chi connectivity index (χ2n) is 9.26. The van der Waals surface area contributed by atoms with Crippen LogP contribution in [0.2, 0.25) is 0 Å². The predicted molar refractivity (Wildman–Crippen MR) is 134 cm³/mol. The molecule has 0 amide bonds. The highest BCUT2D eigenvalue weighted by atomic mass is 16.5. The van der Waals surface area contributed by atoms with Gasteiger partial charge in [-0.25, -0.2) is 0 Å². The van der Waals surface area contributed by atoms with Gasteiger partial charge in [-0.15, -0.1) is 0 Å². The third-order valence-electron chi connectivity index (χ3n) is 6.84. The minimum Gasteiger partial charge on any atom is -0.497 e. The van der Waals surface area contributed by atoms with Gasteiger partial charge in [0.15, 0.2) is 0 Å². The van der Waals surface area contributed by atoms with E-state index in [4.69, 9.17) is 4.74 Å². The Balaban J connectivity index is 1.56. The van der Waals surface area contributed by atoms with Crippen LogP contribution >= 0.6 is 0 Å². The number of ketones is 1. The first-order chi connectivity index (χ1) is 16.0. The van der Waals surface area contributed by atoms with E-state index in [0.29, 0.717) is 12.3 Å². The van der Waals surface area contributed by atoms with Gasteiger partial charge in [-0.3, -0.25) is 4.79 Å². The molecule has 1 heterocycles. The van der Waals surface area contributed by atoms with Gasteiger partial charge in [-0.1, -0.05) is 68.5 Å². The van der Waals surface area contributed by atoms with Crippen molar-refractivity contribution in [2.45, 2.75) is 38.1 Å².